The lowest BCUT2D eigenvalue weighted by molar-refractivity contribution is 0.350. The standard InChI is InChI=1S/C22H15N3O2.4C2H6/c26-21-23(14-8-2-1-3-9-14)22(27)25-20-16-11-5-4-10-15(16)19(24(21)25)17-12-6-7-13-18(17)20;4*1-2/h1-13,19-20H;4*1-2H3. The van der Waals surface area contributed by atoms with Crippen molar-refractivity contribution in [3.63, 3.8) is 0 Å². The Morgan fingerprint density at radius 1 is 0.457 bits per heavy atom. The Kier molecular flexibility index (Phi) is 10.1. The summed E-state index contributed by atoms with van der Waals surface area (Å²) in [6.07, 6.45) is 0. The van der Waals surface area contributed by atoms with Crippen LogP contribution in [0.1, 0.15) is 89.7 Å². The maximum Gasteiger partial charge on any atom is 0.352 e. The fourth-order valence-electron chi connectivity index (χ4n) is 4.62. The van der Waals surface area contributed by atoms with Gasteiger partial charge in [-0.1, -0.05) is 122 Å². The minimum Gasteiger partial charge on any atom is -0.245 e. The SMILES string of the molecule is CC.CC.CC.CC.O=c1n(-c2ccccc2)c(=O)n2n1C1c3ccccc3C2c2ccccc21. The summed E-state index contributed by atoms with van der Waals surface area (Å²) in [6.45, 7) is 16.0. The molecular weight excluding hydrogens is 434 g/mol. The molecule has 2 bridgehead atoms. The molecule has 0 unspecified atom stereocenters. The average Bonchev–Trinajstić information content (AvgIpc) is 3.23. The lowest BCUT2D eigenvalue weighted by Gasteiger charge is -2.41. The van der Waals surface area contributed by atoms with E-state index in [0.29, 0.717) is 5.69 Å². The molecule has 3 heterocycles. The smallest absolute Gasteiger partial charge is 0.245 e. The van der Waals surface area contributed by atoms with E-state index in [2.05, 4.69) is 24.3 Å². The van der Waals surface area contributed by atoms with Gasteiger partial charge in [-0.15, -0.1) is 0 Å². The second kappa shape index (κ2) is 12.7. The highest BCUT2D eigenvalue weighted by Crippen LogP contribution is 2.47. The molecular formula is C30H39N3O2. The van der Waals surface area contributed by atoms with Crippen LogP contribution in [0.2, 0.25) is 0 Å². The van der Waals surface area contributed by atoms with Crippen molar-refractivity contribution in [1.29, 1.82) is 0 Å². The van der Waals surface area contributed by atoms with Crippen LogP contribution < -0.4 is 11.4 Å². The van der Waals surface area contributed by atoms with E-state index in [9.17, 15) is 9.59 Å². The average molecular weight is 474 g/mol. The van der Waals surface area contributed by atoms with Crippen LogP contribution in [-0.4, -0.2) is 13.9 Å². The van der Waals surface area contributed by atoms with Crippen LogP contribution >= 0.6 is 0 Å². The van der Waals surface area contributed by atoms with Gasteiger partial charge in [0.2, 0.25) is 0 Å². The molecule has 0 saturated carbocycles. The molecule has 0 radical (unpaired) electrons. The molecule has 186 valence electrons. The Labute approximate surface area is 209 Å². The molecule has 7 rings (SSSR count). The zero-order valence-corrected chi connectivity index (χ0v) is 22.3. The molecule has 0 saturated heterocycles. The highest BCUT2D eigenvalue weighted by Gasteiger charge is 2.44. The molecule has 0 N–H and O–H groups in total. The summed E-state index contributed by atoms with van der Waals surface area (Å²) in [5.41, 5.74) is 4.36. The van der Waals surface area contributed by atoms with Gasteiger partial charge in [0.25, 0.3) is 0 Å². The monoisotopic (exact) mass is 473 g/mol. The number of para-hydroxylation sites is 1. The van der Waals surface area contributed by atoms with Crippen LogP contribution in [-0.2, 0) is 0 Å². The molecule has 0 atom stereocenters. The van der Waals surface area contributed by atoms with E-state index in [1.807, 2.05) is 97.9 Å². The maximum absolute atomic E-state index is 13.3. The maximum atomic E-state index is 13.3. The second-order valence-electron chi connectivity index (χ2n) is 6.99. The van der Waals surface area contributed by atoms with E-state index in [0.717, 1.165) is 22.3 Å². The molecule has 3 aliphatic rings. The van der Waals surface area contributed by atoms with Gasteiger partial charge in [-0.3, -0.25) is 0 Å². The zero-order chi connectivity index (χ0) is 26.1. The predicted octanol–water partition coefficient (Wildman–Crippen LogP) is 6.81. The second-order valence-corrected chi connectivity index (χ2v) is 6.99. The molecule has 35 heavy (non-hydrogen) atoms. The third-order valence-electron chi connectivity index (χ3n) is 5.68. The molecule has 1 aromatic heterocycles. The van der Waals surface area contributed by atoms with Crippen molar-refractivity contribution in [3.05, 3.63) is 122 Å². The highest BCUT2D eigenvalue weighted by atomic mass is 16.2. The van der Waals surface area contributed by atoms with Gasteiger partial charge >= 0.3 is 11.4 Å². The number of rotatable bonds is 1. The Balaban J connectivity index is 0.000000495. The number of aromatic nitrogens is 3. The molecule has 5 nitrogen and oxygen atoms in total. The van der Waals surface area contributed by atoms with Gasteiger partial charge in [0.1, 0.15) is 12.1 Å². The largest absolute Gasteiger partial charge is 0.352 e. The molecule has 3 aromatic carbocycles. The van der Waals surface area contributed by atoms with Crippen molar-refractivity contribution in [2.24, 2.45) is 0 Å². The summed E-state index contributed by atoms with van der Waals surface area (Å²) in [6, 6.07) is 24.7. The molecule has 1 aliphatic carbocycles. The molecule has 5 heteroatoms. The van der Waals surface area contributed by atoms with Crippen molar-refractivity contribution in [2.45, 2.75) is 67.5 Å². The van der Waals surface area contributed by atoms with Crippen LogP contribution in [0.5, 0.6) is 0 Å². The van der Waals surface area contributed by atoms with Crippen molar-refractivity contribution < 1.29 is 0 Å². The molecule has 0 spiro atoms. The first-order valence-electron chi connectivity index (χ1n) is 13.0. The minimum absolute atomic E-state index is 0.285. The number of hydrogen-bond donors (Lipinski definition) is 0. The Morgan fingerprint density at radius 2 is 0.743 bits per heavy atom. The normalized spacial score (nSPS) is 15.1. The van der Waals surface area contributed by atoms with Gasteiger partial charge in [-0.05, 0) is 34.4 Å². The fraction of sp³-hybridized carbons (Fsp3) is 0.333. The lowest BCUT2D eigenvalue weighted by Crippen LogP contribution is -2.44. The van der Waals surface area contributed by atoms with Crippen molar-refractivity contribution in [2.75, 3.05) is 0 Å². The van der Waals surface area contributed by atoms with Crippen LogP contribution in [0.15, 0.2) is 88.5 Å². The molecule has 0 amide bonds. The van der Waals surface area contributed by atoms with E-state index in [1.165, 1.54) is 4.57 Å². The van der Waals surface area contributed by atoms with Crippen LogP contribution in [0, 0.1) is 0 Å². The number of benzene rings is 3. The summed E-state index contributed by atoms with van der Waals surface area (Å²) >= 11 is 0. The Bertz CT molecular complexity index is 1200. The van der Waals surface area contributed by atoms with Gasteiger partial charge in [-0.2, -0.15) is 0 Å². The third kappa shape index (κ3) is 4.43. The molecule has 4 aromatic rings. The summed E-state index contributed by atoms with van der Waals surface area (Å²) in [4.78, 5) is 26.7. The van der Waals surface area contributed by atoms with E-state index < -0.39 is 0 Å². The summed E-state index contributed by atoms with van der Waals surface area (Å²) in [7, 11) is 0. The number of nitrogens with zero attached hydrogens (tertiary/aromatic N) is 3. The third-order valence-corrected chi connectivity index (χ3v) is 5.68. The van der Waals surface area contributed by atoms with E-state index in [1.54, 1.807) is 21.5 Å². The Morgan fingerprint density at radius 3 is 1.06 bits per heavy atom. The van der Waals surface area contributed by atoms with Gasteiger partial charge in [0.05, 0.1) is 5.69 Å². The topological polar surface area (TPSA) is 48.9 Å². The van der Waals surface area contributed by atoms with Crippen molar-refractivity contribution in [3.8, 4) is 5.69 Å². The summed E-state index contributed by atoms with van der Waals surface area (Å²) in [5.74, 6) is 0. The summed E-state index contributed by atoms with van der Waals surface area (Å²) in [5, 5.41) is 0. The van der Waals surface area contributed by atoms with Gasteiger partial charge < -0.3 is 0 Å². The molecule has 0 fully saturated rings. The van der Waals surface area contributed by atoms with Crippen LogP contribution in [0.3, 0.4) is 0 Å². The first kappa shape index (κ1) is 27.6. The quantitative estimate of drug-likeness (QED) is 0.263. The Hall–Kier alpha value is -3.60. The minimum atomic E-state index is -0.301. The van der Waals surface area contributed by atoms with Crippen molar-refractivity contribution >= 4 is 0 Å². The van der Waals surface area contributed by atoms with Gasteiger partial charge in [-0.25, -0.2) is 23.5 Å². The number of hydrogen-bond acceptors (Lipinski definition) is 2. The van der Waals surface area contributed by atoms with E-state index >= 15 is 0 Å². The highest BCUT2D eigenvalue weighted by molar-refractivity contribution is 5.54. The van der Waals surface area contributed by atoms with Crippen LogP contribution in [0.25, 0.3) is 5.69 Å². The van der Waals surface area contributed by atoms with Crippen molar-refractivity contribution in [1.82, 2.24) is 13.9 Å². The predicted molar refractivity (Wildman–Crippen MR) is 147 cm³/mol. The fourth-order valence-corrected chi connectivity index (χ4v) is 4.62. The zero-order valence-electron chi connectivity index (χ0n) is 22.3. The first-order chi connectivity index (χ1) is 17.3. The van der Waals surface area contributed by atoms with E-state index in [4.69, 9.17) is 0 Å². The lowest BCUT2D eigenvalue weighted by atomic mass is 9.78. The first-order valence-corrected chi connectivity index (χ1v) is 13.0. The van der Waals surface area contributed by atoms with E-state index in [-0.39, 0.29) is 23.5 Å². The summed E-state index contributed by atoms with van der Waals surface area (Å²) < 4.78 is 4.53. The van der Waals surface area contributed by atoms with Crippen LogP contribution in [0.4, 0.5) is 0 Å². The molecule has 2 aliphatic heterocycles. The van der Waals surface area contributed by atoms with Gasteiger partial charge in [0, 0.05) is 0 Å². The van der Waals surface area contributed by atoms with Gasteiger partial charge in [0.15, 0.2) is 0 Å².